The van der Waals surface area contributed by atoms with Gasteiger partial charge < -0.3 is 19.4 Å². The van der Waals surface area contributed by atoms with E-state index in [9.17, 15) is 4.79 Å². The maximum Gasteiger partial charge on any atom is 0.221 e. The molecule has 1 aliphatic rings. The van der Waals surface area contributed by atoms with E-state index in [1.54, 1.807) is 0 Å². The molecule has 1 N–H and O–H groups in total. The average Bonchev–Trinajstić information content (AvgIpc) is 3.26. The van der Waals surface area contributed by atoms with Crippen LogP contribution in [0, 0.1) is 6.92 Å². The molecule has 0 radical (unpaired) electrons. The van der Waals surface area contributed by atoms with E-state index in [4.69, 9.17) is 4.74 Å². The number of amides is 1. The molecule has 3 heterocycles. The van der Waals surface area contributed by atoms with Crippen LogP contribution in [0.4, 0.5) is 5.69 Å². The standard InChI is InChI=1S/C26H35N5O2/c1-20-6-4-13-31-24(19-28-26(20)31)23(21-7-9-22(10-8-21)29(2)3)18-25(32)27-11-5-12-30-14-16-33-17-15-30/h4,6-10,13,19,23H,5,11-12,14-18H2,1-3H3,(H,27,32). The van der Waals surface area contributed by atoms with Crippen LogP contribution in [-0.2, 0) is 9.53 Å². The topological polar surface area (TPSA) is 62.1 Å². The summed E-state index contributed by atoms with van der Waals surface area (Å²) in [6.45, 7) is 7.31. The van der Waals surface area contributed by atoms with Gasteiger partial charge >= 0.3 is 0 Å². The number of ether oxygens (including phenoxy) is 1. The van der Waals surface area contributed by atoms with Crippen molar-refractivity contribution >= 4 is 17.2 Å². The highest BCUT2D eigenvalue weighted by Crippen LogP contribution is 2.30. The van der Waals surface area contributed by atoms with Gasteiger partial charge in [0, 0.05) is 64.1 Å². The summed E-state index contributed by atoms with van der Waals surface area (Å²) in [5.74, 6) is -0.00137. The molecule has 1 fully saturated rings. The summed E-state index contributed by atoms with van der Waals surface area (Å²) in [4.78, 5) is 22.1. The molecule has 1 atom stereocenters. The lowest BCUT2D eigenvalue weighted by atomic mass is 9.92. The van der Waals surface area contributed by atoms with Crippen LogP contribution >= 0.6 is 0 Å². The molecule has 1 unspecified atom stereocenters. The van der Waals surface area contributed by atoms with Gasteiger partial charge in [-0.05, 0) is 49.2 Å². The van der Waals surface area contributed by atoms with Gasteiger partial charge in [0.15, 0.2) is 0 Å². The molecule has 33 heavy (non-hydrogen) atoms. The Labute approximate surface area is 196 Å². The van der Waals surface area contributed by atoms with E-state index in [2.05, 4.69) is 61.8 Å². The maximum absolute atomic E-state index is 13.0. The van der Waals surface area contributed by atoms with Gasteiger partial charge in [-0.1, -0.05) is 18.2 Å². The first-order valence-corrected chi connectivity index (χ1v) is 11.8. The van der Waals surface area contributed by atoms with Crippen molar-refractivity contribution in [2.75, 3.05) is 58.4 Å². The summed E-state index contributed by atoms with van der Waals surface area (Å²) in [5.41, 5.74) is 5.35. The third kappa shape index (κ3) is 5.72. The summed E-state index contributed by atoms with van der Waals surface area (Å²) in [6, 6.07) is 12.6. The van der Waals surface area contributed by atoms with Crippen LogP contribution in [0.25, 0.3) is 5.65 Å². The predicted octanol–water partition coefficient (Wildman–Crippen LogP) is 3.07. The largest absolute Gasteiger partial charge is 0.379 e. The number of benzene rings is 1. The lowest BCUT2D eigenvalue weighted by Gasteiger charge is -2.26. The third-order valence-electron chi connectivity index (χ3n) is 6.39. The van der Waals surface area contributed by atoms with E-state index in [0.29, 0.717) is 13.0 Å². The van der Waals surface area contributed by atoms with Crippen molar-refractivity contribution in [2.24, 2.45) is 0 Å². The van der Waals surface area contributed by atoms with E-state index in [1.165, 1.54) is 0 Å². The smallest absolute Gasteiger partial charge is 0.221 e. The van der Waals surface area contributed by atoms with E-state index < -0.39 is 0 Å². The molecule has 7 nitrogen and oxygen atoms in total. The second-order valence-corrected chi connectivity index (χ2v) is 8.97. The molecule has 176 valence electrons. The normalized spacial score (nSPS) is 15.5. The molecule has 0 aliphatic carbocycles. The Morgan fingerprint density at radius 1 is 1.18 bits per heavy atom. The number of aromatic nitrogens is 2. The van der Waals surface area contributed by atoms with Crippen LogP contribution in [0.5, 0.6) is 0 Å². The molecule has 1 aromatic carbocycles. The Kier molecular flexibility index (Phi) is 7.62. The highest BCUT2D eigenvalue weighted by molar-refractivity contribution is 5.77. The molecule has 2 aromatic heterocycles. The van der Waals surface area contributed by atoms with Crippen molar-refractivity contribution < 1.29 is 9.53 Å². The number of aryl methyl sites for hydroxylation is 1. The summed E-state index contributed by atoms with van der Waals surface area (Å²) in [6.07, 6.45) is 5.29. The number of hydrogen-bond donors (Lipinski definition) is 1. The number of morpholine rings is 1. The fourth-order valence-electron chi connectivity index (χ4n) is 4.44. The summed E-state index contributed by atoms with van der Waals surface area (Å²) >= 11 is 0. The molecule has 3 aromatic rings. The molecule has 1 saturated heterocycles. The van der Waals surface area contributed by atoms with Gasteiger partial charge in [-0.25, -0.2) is 4.98 Å². The molecule has 0 bridgehead atoms. The van der Waals surface area contributed by atoms with Crippen molar-refractivity contribution in [3.8, 4) is 0 Å². The molecule has 1 amide bonds. The number of anilines is 1. The monoisotopic (exact) mass is 449 g/mol. The van der Waals surface area contributed by atoms with Gasteiger partial charge in [0.2, 0.25) is 5.91 Å². The Morgan fingerprint density at radius 3 is 2.67 bits per heavy atom. The van der Waals surface area contributed by atoms with Crippen LogP contribution in [0.3, 0.4) is 0 Å². The van der Waals surface area contributed by atoms with Crippen molar-refractivity contribution in [2.45, 2.75) is 25.7 Å². The van der Waals surface area contributed by atoms with Crippen molar-refractivity contribution in [1.29, 1.82) is 0 Å². The predicted molar refractivity (Wildman–Crippen MR) is 132 cm³/mol. The number of nitrogens with zero attached hydrogens (tertiary/aromatic N) is 4. The van der Waals surface area contributed by atoms with Crippen molar-refractivity contribution in [3.05, 3.63) is 65.6 Å². The molecule has 4 rings (SSSR count). The number of imidazole rings is 1. The van der Waals surface area contributed by atoms with Gasteiger partial charge in [-0.3, -0.25) is 9.69 Å². The van der Waals surface area contributed by atoms with Gasteiger partial charge in [0.05, 0.1) is 18.9 Å². The number of carbonyl (C=O) groups excluding carboxylic acids is 1. The van der Waals surface area contributed by atoms with E-state index in [1.807, 2.05) is 32.6 Å². The molecule has 0 spiro atoms. The number of fused-ring (bicyclic) bond motifs is 1. The fourth-order valence-corrected chi connectivity index (χ4v) is 4.44. The maximum atomic E-state index is 13.0. The van der Waals surface area contributed by atoms with Gasteiger partial charge in [-0.2, -0.15) is 0 Å². The van der Waals surface area contributed by atoms with Crippen LogP contribution < -0.4 is 10.2 Å². The van der Waals surface area contributed by atoms with Crippen molar-refractivity contribution in [3.63, 3.8) is 0 Å². The lowest BCUT2D eigenvalue weighted by molar-refractivity contribution is -0.121. The van der Waals surface area contributed by atoms with Gasteiger partial charge in [-0.15, -0.1) is 0 Å². The second-order valence-electron chi connectivity index (χ2n) is 8.97. The van der Waals surface area contributed by atoms with Gasteiger partial charge in [0.1, 0.15) is 5.65 Å². The Hall–Kier alpha value is -2.90. The molecular weight excluding hydrogens is 414 g/mol. The Morgan fingerprint density at radius 2 is 1.94 bits per heavy atom. The summed E-state index contributed by atoms with van der Waals surface area (Å²) in [5, 5.41) is 3.14. The number of pyridine rings is 1. The molecular formula is C26H35N5O2. The quantitative estimate of drug-likeness (QED) is 0.509. The average molecular weight is 450 g/mol. The van der Waals surface area contributed by atoms with E-state index in [0.717, 1.165) is 67.4 Å². The molecule has 7 heteroatoms. The van der Waals surface area contributed by atoms with Crippen LogP contribution in [-0.4, -0.2) is 73.7 Å². The minimum Gasteiger partial charge on any atom is -0.379 e. The second kappa shape index (κ2) is 10.8. The fraction of sp³-hybridized carbons (Fsp3) is 0.462. The van der Waals surface area contributed by atoms with E-state index in [-0.39, 0.29) is 11.8 Å². The van der Waals surface area contributed by atoms with Crippen LogP contribution in [0.2, 0.25) is 0 Å². The highest BCUT2D eigenvalue weighted by Gasteiger charge is 2.22. The zero-order valence-corrected chi connectivity index (χ0v) is 20.0. The zero-order valence-electron chi connectivity index (χ0n) is 20.0. The van der Waals surface area contributed by atoms with Crippen molar-refractivity contribution in [1.82, 2.24) is 19.6 Å². The molecule has 1 aliphatic heterocycles. The van der Waals surface area contributed by atoms with Crippen LogP contribution in [0.15, 0.2) is 48.8 Å². The number of hydrogen-bond acceptors (Lipinski definition) is 5. The van der Waals surface area contributed by atoms with Gasteiger partial charge in [0.25, 0.3) is 0 Å². The minimum atomic E-state index is -0.0720. The first-order chi connectivity index (χ1) is 16.0. The first-order valence-electron chi connectivity index (χ1n) is 11.8. The number of carbonyl (C=O) groups is 1. The zero-order chi connectivity index (χ0) is 23.2. The SMILES string of the molecule is Cc1cccn2c(C(CC(=O)NCCCN3CCOCC3)c3ccc(N(C)C)cc3)cnc12. The minimum absolute atomic E-state index is 0.0706. The van der Waals surface area contributed by atoms with Crippen LogP contribution in [0.1, 0.15) is 35.6 Å². The number of rotatable bonds is 9. The summed E-state index contributed by atoms with van der Waals surface area (Å²) < 4.78 is 7.52. The Balaban J connectivity index is 1.47. The van der Waals surface area contributed by atoms with E-state index >= 15 is 0 Å². The molecule has 0 saturated carbocycles. The number of nitrogens with one attached hydrogen (secondary N) is 1. The summed E-state index contributed by atoms with van der Waals surface area (Å²) in [7, 11) is 4.06. The first kappa shape index (κ1) is 23.3. The highest BCUT2D eigenvalue weighted by atomic mass is 16.5. The lowest BCUT2D eigenvalue weighted by Crippen LogP contribution is -2.38. The third-order valence-corrected chi connectivity index (χ3v) is 6.39. The Bertz CT molecular complexity index is 1050.